The van der Waals surface area contributed by atoms with Crippen LogP contribution in [0.25, 0.3) is 5.82 Å². The zero-order valence-corrected chi connectivity index (χ0v) is 9.17. The molecule has 3 rings (SSSR count). The van der Waals surface area contributed by atoms with Crippen LogP contribution in [-0.2, 0) is 0 Å². The topological polar surface area (TPSA) is 93.5 Å². The number of aromatic nitrogens is 4. The van der Waals surface area contributed by atoms with E-state index in [9.17, 15) is 0 Å². The van der Waals surface area contributed by atoms with Crippen LogP contribution in [0.15, 0.2) is 24.7 Å². The van der Waals surface area contributed by atoms with Crippen molar-refractivity contribution in [1.82, 2.24) is 19.7 Å². The predicted molar refractivity (Wildman–Crippen MR) is 62.1 cm³/mol. The summed E-state index contributed by atoms with van der Waals surface area (Å²) in [4.78, 5) is 8.23. The van der Waals surface area contributed by atoms with Crippen LogP contribution >= 0.6 is 0 Å². The summed E-state index contributed by atoms with van der Waals surface area (Å²) in [5.74, 6) is 1.19. The first kappa shape index (κ1) is 9.95. The van der Waals surface area contributed by atoms with Crippen molar-refractivity contribution in [2.45, 2.75) is 18.8 Å². The molecule has 1 aliphatic carbocycles. The Morgan fingerprint density at radius 3 is 2.76 bits per heavy atom. The number of hydrogen-bond acceptors (Lipinski definition) is 4. The van der Waals surface area contributed by atoms with E-state index >= 15 is 0 Å². The van der Waals surface area contributed by atoms with Gasteiger partial charge in [0.2, 0.25) is 0 Å². The summed E-state index contributed by atoms with van der Waals surface area (Å²) < 4.78 is 1.70. The van der Waals surface area contributed by atoms with E-state index in [0.29, 0.717) is 17.4 Å². The number of nitrogens with zero attached hydrogens (tertiary/aromatic N) is 4. The molecule has 2 aromatic rings. The van der Waals surface area contributed by atoms with Crippen molar-refractivity contribution in [1.29, 1.82) is 5.41 Å². The number of rotatable bonds is 3. The second-order valence-electron chi connectivity index (χ2n) is 4.13. The van der Waals surface area contributed by atoms with Crippen LogP contribution in [0.3, 0.4) is 0 Å². The smallest absolute Gasteiger partial charge is 0.171 e. The molecule has 0 amide bonds. The molecule has 0 aliphatic heterocycles. The first-order valence-corrected chi connectivity index (χ1v) is 5.46. The van der Waals surface area contributed by atoms with E-state index in [1.165, 1.54) is 19.0 Å². The van der Waals surface area contributed by atoms with Crippen molar-refractivity contribution in [2.24, 2.45) is 5.73 Å². The van der Waals surface area contributed by atoms with Gasteiger partial charge in [-0.05, 0) is 18.9 Å². The molecule has 3 N–H and O–H groups in total. The maximum Gasteiger partial charge on any atom is 0.171 e. The lowest BCUT2D eigenvalue weighted by Gasteiger charge is -2.01. The molecule has 1 saturated carbocycles. The molecular formula is C11H12N6. The van der Waals surface area contributed by atoms with Crippen molar-refractivity contribution in [3.63, 3.8) is 0 Å². The molecule has 0 unspecified atom stereocenters. The summed E-state index contributed by atoms with van der Waals surface area (Å²) in [6.45, 7) is 0. The maximum atomic E-state index is 7.23. The highest BCUT2D eigenvalue weighted by Gasteiger charge is 2.25. The standard InChI is InChI=1S/C11H12N6/c12-11(13)9-5-15-10(6-14-9)17-4-3-8(16-17)7-1-2-7/h3-7H,1-2H2,(H3,12,13). The lowest BCUT2D eigenvalue weighted by molar-refractivity contribution is 0.805. The Morgan fingerprint density at radius 2 is 2.18 bits per heavy atom. The molecule has 6 nitrogen and oxygen atoms in total. The predicted octanol–water partition coefficient (Wildman–Crippen LogP) is 0.824. The molecule has 0 atom stereocenters. The van der Waals surface area contributed by atoms with Crippen molar-refractivity contribution in [3.05, 3.63) is 36.0 Å². The highest BCUT2D eigenvalue weighted by atomic mass is 15.3. The Labute approximate surface area is 98.0 Å². The Hall–Kier alpha value is -2.24. The average Bonchev–Trinajstić information content (AvgIpc) is 3.07. The minimum absolute atomic E-state index is 0.0804. The third kappa shape index (κ3) is 1.89. The number of amidine groups is 1. The van der Waals surface area contributed by atoms with Crippen LogP contribution in [-0.4, -0.2) is 25.6 Å². The van der Waals surface area contributed by atoms with Crippen molar-refractivity contribution < 1.29 is 0 Å². The molecule has 1 aliphatic rings. The van der Waals surface area contributed by atoms with Crippen LogP contribution in [0.4, 0.5) is 0 Å². The summed E-state index contributed by atoms with van der Waals surface area (Å²) in [5.41, 5.74) is 6.80. The Balaban J connectivity index is 1.89. The highest BCUT2D eigenvalue weighted by Crippen LogP contribution is 2.38. The van der Waals surface area contributed by atoms with Crippen molar-refractivity contribution >= 4 is 5.84 Å². The van der Waals surface area contributed by atoms with E-state index in [-0.39, 0.29) is 5.84 Å². The summed E-state index contributed by atoms with van der Waals surface area (Å²) >= 11 is 0. The van der Waals surface area contributed by atoms with Gasteiger partial charge in [-0.3, -0.25) is 5.41 Å². The zero-order valence-electron chi connectivity index (χ0n) is 9.17. The Bertz CT molecular complexity index is 552. The summed E-state index contributed by atoms with van der Waals surface area (Å²) in [5, 5.41) is 11.7. The van der Waals surface area contributed by atoms with Gasteiger partial charge in [-0.1, -0.05) is 0 Å². The number of nitrogens with two attached hydrogens (primary N) is 1. The molecule has 0 radical (unpaired) electrons. The van der Waals surface area contributed by atoms with Crippen LogP contribution in [0.5, 0.6) is 0 Å². The number of nitrogens with one attached hydrogen (secondary N) is 1. The van der Waals surface area contributed by atoms with Crippen LogP contribution < -0.4 is 5.73 Å². The second kappa shape index (κ2) is 3.65. The molecule has 0 bridgehead atoms. The van der Waals surface area contributed by atoms with E-state index in [4.69, 9.17) is 11.1 Å². The average molecular weight is 228 g/mol. The van der Waals surface area contributed by atoms with E-state index in [1.807, 2.05) is 12.3 Å². The minimum Gasteiger partial charge on any atom is -0.382 e. The summed E-state index contributed by atoms with van der Waals surface area (Å²) in [6.07, 6.45) is 7.39. The fourth-order valence-electron chi connectivity index (χ4n) is 1.64. The third-order valence-corrected chi connectivity index (χ3v) is 2.75. The quantitative estimate of drug-likeness (QED) is 0.600. The SMILES string of the molecule is N=C(N)c1cnc(-n2ccc(C3CC3)n2)cn1. The van der Waals surface area contributed by atoms with Gasteiger partial charge in [0, 0.05) is 12.1 Å². The lowest BCUT2D eigenvalue weighted by Crippen LogP contribution is -2.14. The maximum absolute atomic E-state index is 7.23. The molecule has 17 heavy (non-hydrogen) atoms. The molecule has 1 fully saturated rings. The number of hydrogen-bond donors (Lipinski definition) is 2. The van der Waals surface area contributed by atoms with E-state index in [1.54, 1.807) is 10.9 Å². The summed E-state index contributed by atoms with van der Waals surface area (Å²) in [7, 11) is 0. The molecular weight excluding hydrogens is 216 g/mol. The van der Waals surface area contributed by atoms with Crippen LogP contribution in [0.1, 0.15) is 30.1 Å². The molecule has 0 spiro atoms. The van der Waals surface area contributed by atoms with E-state index in [2.05, 4.69) is 15.1 Å². The molecule has 2 heterocycles. The van der Waals surface area contributed by atoms with Gasteiger partial charge >= 0.3 is 0 Å². The monoisotopic (exact) mass is 228 g/mol. The van der Waals surface area contributed by atoms with Gasteiger partial charge in [-0.25, -0.2) is 14.6 Å². The zero-order chi connectivity index (χ0) is 11.8. The van der Waals surface area contributed by atoms with Crippen molar-refractivity contribution in [2.75, 3.05) is 0 Å². The molecule has 2 aromatic heterocycles. The largest absolute Gasteiger partial charge is 0.382 e. The van der Waals surface area contributed by atoms with Gasteiger partial charge in [0.25, 0.3) is 0 Å². The van der Waals surface area contributed by atoms with Crippen LogP contribution in [0.2, 0.25) is 0 Å². The molecule has 0 saturated heterocycles. The van der Waals surface area contributed by atoms with Gasteiger partial charge in [0.1, 0.15) is 11.5 Å². The van der Waals surface area contributed by atoms with Gasteiger partial charge in [-0.2, -0.15) is 5.10 Å². The van der Waals surface area contributed by atoms with E-state index in [0.717, 1.165) is 5.69 Å². The number of nitrogen functional groups attached to an aromatic ring is 1. The van der Waals surface area contributed by atoms with Crippen molar-refractivity contribution in [3.8, 4) is 5.82 Å². The Morgan fingerprint density at radius 1 is 1.35 bits per heavy atom. The lowest BCUT2D eigenvalue weighted by atomic mass is 10.3. The first-order valence-electron chi connectivity index (χ1n) is 5.46. The molecule has 0 aromatic carbocycles. The minimum atomic E-state index is -0.0804. The molecule has 86 valence electrons. The van der Waals surface area contributed by atoms with Gasteiger partial charge in [-0.15, -0.1) is 0 Å². The third-order valence-electron chi connectivity index (χ3n) is 2.75. The van der Waals surface area contributed by atoms with E-state index < -0.39 is 0 Å². The first-order chi connectivity index (χ1) is 8.24. The highest BCUT2D eigenvalue weighted by molar-refractivity contribution is 5.92. The van der Waals surface area contributed by atoms with Gasteiger partial charge in [0.05, 0.1) is 18.1 Å². The van der Waals surface area contributed by atoms with Gasteiger partial charge < -0.3 is 5.73 Å². The fraction of sp³-hybridized carbons (Fsp3) is 0.273. The Kier molecular flexibility index (Phi) is 2.14. The fourth-order valence-corrected chi connectivity index (χ4v) is 1.64. The summed E-state index contributed by atoms with van der Waals surface area (Å²) in [6, 6.07) is 2.01. The molecule has 6 heteroatoms. The van der Waals surface area contributed by atoms with Gasteiger partial charge in [0.15, 0.2) is 5.82 Å². The second-order valence-corrected chi connectivity index (χ2v) is 4.13. The van der Waals surface area contributed by atoms with Crippen LogP contribution in [0, 0.1) is 5.41 Å². The normalized spacial score (nSPS) is 14.8.